The molecule has 33 heavy (non-hydrogen) atoms. The highest BCUT2D eigenvalue weighted by Gasteiger charge is 2.34. The van der Waals surface area contributed by atoms with Crippen LogP contribution in [0, 0.1) is 12.8 Å². The molecule has 4 N–H and O–H groups in total. The topological polar surface area (TPSA) is 114 Å². The van der Waals surface area contributed by atoms with Gasteiger partial charge in [-0.1, -0.05) is 48.5 Å². The quantitative estimate of drug-likeness (QED) is 0.590. The van der Waals surface area contributed by atoms with E-state index in [0.717, 1.165) is 5.56 Å². The number of aryl methyl sites for hydroxylation is 1. The number of benzene rings is 2. The summed E-state index contributed by atoms with van der Waals surface area (Å²) < 4.78 is 38.1. The van der Waals surface area contributed by atoms with Crippen molar-refractivity contribution in [3.63, 3.8) is 0 Å². The number of benzodiazepines with no additional fused rings is 1. The van der Waals surface area contributed by atoms with E-state index in [-0.39, 0.29) is 0 Å². The Morgan fingerprint density at radius 1 is 1.15 bits per heavy atom. The van der Waals surface area contributed by atoms with Gasteiger partial charge in [-0.3, -0.25) is 14.4 Å². The van der Waals surface area contributed by atoms with Crippen LogP contribution in [-0.2, 0) is 14.4 Å². The van der Waals surface area contributed by atoms with Crippen LogP contribution >= 0.6 is 0 Å². The van der Waals surface area contributed by atoms with Crippen molar-refractivity contribution in [1.82, 2.24) is 5.32 Å². The summed E-state index contributed by atoms with van der Waals surface area (Å²) in [5.41, 5.74) is 8.17. The number of primary amides is 1. The van der Waals surface area contributed by atoms with Crippen molar-refractivity contribution in [2.45, 2.75) is 38.5 Å². The van der Waals surface area contributed by atoms with Crippen LogP contribution in [0.4, 0.5) is 18.9 Å². The Morgan fingerprint density at radius 3 is 2.48 bits per heavy atom. The van der Waals surface area contributed by atoms with Gasteiger partial charge in [-0.2, -0.15) is 13.2 Å². The summed E-state index contributed by atoms with van der Waals surface area (Å²) in [4.78, 5) is 41.4. The van der Waals surface area contributed by atoms with Crippen molar-refractivity contribution in [1.29, 1.82) is 0 Å². The van der Waals surface area contributed by atoms with Crippen molar-refractivity contribution >= 4 is 29.1 Å². The van der Waals surface area contributed by atoms with Crippen LogP contribution in [0.15, 0.2) is 53.5 Å². The molecule has 0 spiro atoms. The fourth-order valence-electron chi connectivity index (χ4n) is 3.56. The lowest BCUT2D eigenvalue weighted by Gasteiger charge is -2.19. The van der Waals surface area contributed by atoms with E-state index >= 15 is 0 Å². The van der Waals surface area contributed by atoms with E-state index in [4.69, 9.17) is 5.73 Å². The number of hydrogen-bond acceptors (Lipinski definition) is 4. The van der Waals surface area contributed by atoms with Crippen LogP contribution in [0.5, 0.6) is 0 Å². The SMILES string of the molecule is Cc1cccc2c1NC(=O)C(NC(=O)C(CCC(F)(F)F)CC(N)=O)N=C2c1ccccc1. The van der Waals surface area contributed by atoms with Gasteiger partial charge in [0.25, 0.3) is 5.91 Å². The van der Waals surface area contributed by atoms with Gasteiger partial charge in [-0.15, -0.1) is 0 Å². The maximum Gasteiger partial charge on any atom is 0.389 e. The molecule has 2 unspecified atom stereocenters. The number of fused-ring (bicyclic) bond motifs is 1. The van der Waals surface area contributed by atoms with Crippen LogP contribution in [0.1, 0.15) is 36.0 Å². The van der Waals surface area contributed by atoms with Gasteiger partial charge in [-0.05, 0) is 18.9 Å². The summed E-state index contributed by atoms with van der Waals surface area (Å²) in [5, 5.41) is 5.13. The summed E-state index contributed by atoms with van der Waals surface area (Å²) >= 11 is 0. The van der Waals surface area contributed by atoms with Gasteiger partial charge >= 0.3 is 6.18 Å². The third-order valence-electron chi connectivity index (χ3n) is 5.20. The van der Waals surface area contributed by atoms with E-state index in [0.29, 0.717) is 22.5 Å². The molecule has 3 amide bonds. The number of nitrogens with two attached hydrogens (primary N) is 1. The molecule has 0 saturated carbocycles. The number of rotatable bonds is 7. The molecular weight excluding hydrogens is 437 g/mol. The fraction of sp³-hybridized carbons (Fsp3) is 0.304. The lowest BCUT2D eigenvalue weighted by molar-refractivity contribution is -0.143. The van der Waals surface area contributed by atoms with Gasteiger partial charge in [0, 0.05) is 29.9 Å². The second kappa shape index (κ2) is 9.85. The number of hydrogen-bond donors (Lipinski definition) is 3. The third-order valence-corrected chi connectivity index (χ3v) is 5.20. The fourth-order valence-corrected chi connectivity index (χ4v) is 3.56. The first-order valence-electron chi connectivity index (χ1n) is 10.2. The van der Waals surface area contributed by atoms with Crippen molar-refractivity contribution in [3.05, 3.63) is 65.2 Å². The lowest BCUT2D eigenvalue weighted by Crippen LogP contribution is -2.45. The maximum atomic E-state index is 12.9. The summed E-state index contributed by atoms with van der Waals surface area (Å²) in [7, 11) is 0. The first-order valence-corrected chi connectivity index (χ1v) is 10.2. The van der Waals surface area contributed by atoms with Gasteiger partial charge in [0.2, 0.25) is 18.0 Å². The second-order valence-electron chi connectivity index (χ2n) is 7.76. The standard InChI is InChI=1S/C23H23F3N4O3/c1-13-6-5-9-16-18(13)29-22(33)20(28-19(16)14-7-3-2-4-8-14)30-21(32)15(12-17(27)31)10-11-23(24,25)26/h2-9,15,20H,10-12H2,1H3,(H2,27,31)(H,29,33)(H,30,32). The van der Waals surface area contributed by atoms with Gasteiger partial charge in [0.15, 0.2) is 0 Å². The average Bonchev–Trinajstić information content (AvgIpc) is 2.88. The highest BCUT2D eigenvalue weighted by molar-refractivity contribution is 6.20. The molecule has 1 aliphatic heterocycles. The molecule has 0 bridgehead atoms. The number of aliphatic imine (C=N–C) groups is 1. The molecule has 0 aliphatic carbocycles. The predicted octanol–water partition coefficient (Wildman–Crippen LogP) is 3.06. The summed E-state index contributed by atoms with van der Waals surface area (Å²) in [6.07, 6.45) is -8.40. The van der Waals surface area contributed by atoms with Gasteiger partial charge in [0.1, 0.15) is 0 Å². The van der Waals surface area contributed by atoms with Crippen molar-refractivity contribution in [2.75, 3.05) is 5.32 Å². The molecule has 0 saturated heterocycles. The first-order chi connectivity index (χ1) is 15.5. The van der Waals surface area contributed by atoms with E-state index in [2.05, 4.69) is 15.6 Å². The third kappa shape index (κ3) is 6.18. The van der Waals surface area contributed by atoms with Gasteiger partial charge in [0.05, 0.1) is 11.4 Å². The van der Waals surface area contributed by atoms with Crippen molar-refractivity contribution < 1.29 is 27.6 Å². The molecule has 0 radical (unpaired) electrons. The summed E-state index contributed by atoms with van der Waals surface area (Å²) in [6.45, 7) is 1.81. The number of halogens is 3. The Morgan fingerprint density at radius 2 is 1.85 bits per heavy atom. The molecule has 3 rings (SSSR count). The Kier molecular flexibility index (Phi) is 7.15. The number of carbonyl (C=O) groups excluding carboxylic acids is 3. The maximum absolute atomic E-state index is 12.9. The Hall–Kier alpha value is -3.69. The van der Waals surface area contributed by atoms with Gasteiger partial charge < -0.3 is 16.4 Å². The molecule has 0 fully saturated rings. The molecule has 2 aromatic rings. The van der Waals surface area contributed by atoms with Crippen LogP contribution in [0.3, 0.4) is 0 Å². The Bertz CT molecular complexity index is 1080. The number of para-hydroxylation sites is 1. The molecular formula is C23H23F3N4O3. The highest BCUT2D eigenvalue weighted by Crippen LogP contribution is 2.28. The minimum Gasteiger partial charge on any atom is -0.370 e. The van der Waals surface area contributed by atoms with E-state index in [9.17, 15) is 27.6 Å². The number of alkyl halides is 3. The van der Waals surface area contributed by atoms with Crippen LogP contribution in [-0.4, -0.2) is 35.8 Å². The molecule has 7 nitrogen and oxygen atoms in total. The first kappa shape index (κ1) is 24.0. The number of amides is 3. The van der Waals surface area contributed by atoms with E-state index in [1.165, 1.54) is 0 Å². The molecule has 1 heterocycles. The van der Waals surface area contributed by atoms with Crippen molar-refractivity contribution in [3.8, 4) is 0 Å². The highest BCUT2D eigenvalue weighted by atomic mass is 19.4. The van der Waals surface area contributed by atoms with Crippen LogP contribution in [0.2, 0.25) is 0 Å². The number of anilines is 1. The van der Waals surface area contributed by atoms with E-state index in [1.54, 1.807) is 49.4 Å². The predicted molar refractivity (Wildman–Crippen MR) is 116 cm³/mol. The average molecular weight is 460 g/mol. The largest absolute Gasteiger partial charge is 0.389 e. The zero-order valence-corrected chi connectivity index (χ0v) is 17.8. The monoisotopic (exact) mass is 460 g/mol. The smallest absolute Gasteiger partial charge is 0.370 e. The van der Waals surface area contributed by atoms with E-state index in [1.807, 2.05) is 6.07 Å². The molecule has 0 aromatic heterocycles. The molecule has 174 valence electrons. The minimum atomic E-state index is -4.51. The number of nitrogens with one attached hydrogen (secondary N) is 2. The van der Waals surface area contributed by atoms with Crippen LogP contribution < -0.4 is 16.4 Å². The minimum absolute atomic E-state index is 0.430. The van der Waals surface area contributed by atoms with Crippen molar-refractivity contribution in [2.24, 2.45) is 16.6 Å². The Balaban J connectivity index is 1.95. The van der Waals surface area contributed by atoms with E-state index < -0.39 is 55.2 Å². The number of nitrogens with zero attached hydrogens (tertiary/aromatic N) is 1. The van der Waals surface area contributed by atoms with Gasteiger partial charge in [-0.25, -0.2) is 4.99 Å². The lowest BCUT2D eigenvalue weighted by atomic mass is 9.97. The normalized spacial score (nSPS) is 16.7. The zero-order valence-electron chi connectivity index (χ0n) is 17.8. The molecule has 1 aliphatic rings. The summed E-state index contributed by atoms with van der Waals surface area (Å²) in [6, 6.07) is 14.4. The summed E-state index contributed by atoms with van der Waals surface area (Å²) in [5.74, 6) is -3.82. The second-order valence-corrected chi connectivity index (χ2v) is 7.76. The number of carbonyl (C=O) groups is 3. The molecule has 10 heteroatoms. The van der Waals surface area contributed by atoms with Crippen LogP contribution in [0.25, 0.3) is 0 Å². The molecule has 2 aromatic carbocycles. The molecule has 2 atom stereocenters. The zero-order chi connectivity index (χ0) is 24.2. The Labute approximate surface area is 188 Å².